The molecule has 0 aromatic heterocycles. The molecule has 0 bridgehead atoms. The van der Waals surface area contributed by atoms with Gasteiger partial charge >= 0.3 is 5.97 Å². The Morgan fingerprint density at radius 1 is 0.905 bits per heavy atom. The van der Waals surface area contributed by atoms with Crippen molar-refractivity contribution in [3.05, 3.63) is 12.2 Å². The normalized spacial score (nSPS) is 11.1. The van der Waals surface area contributed by atoms with Gasteiger partial charge in [-0.2, -0.15) is 0 Å². The first kappa shape index (κ1) is 20.2. The Morgan fingerprint density at radius 2 is 1.48 bits per heavy atom. The monoisotopic (exact) mass is 298 g/mol. The highest BCUT2D eigenvalue weighted by Crippen LogP contribution is 2.09. The molecule has 0 aliphatic heterocycles. The van der Waals surface area contributed by atoms with Crippen LogP contribution in [0.3, 0.4) is 0 Å². The zero-order valence-electron chi connectivity index (χ0n) is 13.8. The quantitative estimate of drug-likeness (QED) is 0.269. The minimum atomic E-state index is -0.185. The van der Waals surface area contributed by atoms with Crippen LogP contribution in [0.4, 0.5) is 0 Å². The first-order valence-corrected chi connectivity index (χ1v) is 8.72. The van der Waals surface area contributed by atoms with E-state index in [1.807, 2.05) is 0 Å². The molecule has 0 aliphatic rings. The van der Waals surface area contributed by atoms with E-state index in [2.05, 4.69) is 19.1 Å². The molecule has 0 heterocycles. The highest BCUT2D eigenvalue weighted by atomic mass is 16.5. The highest BCUT2D eigenvalue weighted by molar-refractivity contribution is 5.69. The van der Waals surface area contributed by atoms with Crippen molar-refractivity contribution in [1.82, 2.24) is 0 Å². The van der Waals surface area contributed by atoms with Crippen molar-refractivity contribution in [3.8, 4) is 0 Å². The van der Waals surface area contributed by atoms with Gasteiger partial charge in [-0.3, -0.25) is 4.79 Å². The Labute approximate surface area is 130 Å². The summed E-state index contributed by atoms with van der Waals surface area (Å²) in [6.45, 7) is 2.29. The lowest BCUT2D eigenvalue weighted by Gasteiger charge is -2.02. The summed E-state index contributed by atoms with van der Waals surface area (Å²) in [5.74, 6) is -0.185. The van der Waals surface area contributed by atoms with Gasteiger partial charge in [-0.1, -0.05) is 57.6 Å². The molecule has 0 aromatic rings. The molecule has 0 radical (unpaired) electrons. The third-order valence-electron chi connectivity index (χ3n) is 3.50. The maximum atomic E-state index is 11.2. The lowest BCUT2D eigenvalue weighted by atomic mass is 10.1. The smallest absolute Gasteiger partial charge is 0.305 e. The van der Waals surface area contributed by atoms with Gasteiger partial charge in [0.15, 0.2) is 0 Å². The average Bonchev–Trinajstić information content (AvgIpc) is 2.49. The largest absolute Gasteiger partial charge is 0.463 e. The molecule has 1 N–H and O–H groups in total. The van der Waals surface area contributed by atoms with E-state index in [-0.39, 0.29) is 19.2 Å². The first-order chi connectivity index (χ1) is 10.3. The van der Waals surface area contributed by atoms with Crippen LogP contribution in [-0.2, 0) is 9.53 Å². The van der Waals surface area contributed by atoms with Crippen LogP contribution in [0.1, 0.15) is 84.0 Å². The molecule has 0 unspecified atom stereocenters. The van der Waals surface area contributed by atoms with E-state index in [1.54, 1.807) is 0 Å². The lowest BCUT2D eigenvalue weighted by Crippen LogP contribution is -2.07. The fourth-order valence-corrected chi connectivity index (χ4v) is 2.22. The second-order valence-electron chi connectivity index (χ2n) is 5.57. The van der Waals surface area contributed by atoms with E-state index in [4.69, 9.17) is 9.84 Å². The zero-order chi connectivity index (χ0) is 15.6. The van der Waals surface area contributed by atoms with E-state index < -0.39 is 0 Å². The maximum absolute atomic E-state index is 11.2. The Hall–Kier alpha value is -0.830. The van der Waals surface area contributed by atoms with Crippen LogP contribution in [0.15, 0.2) is 12.2 Å². The van der Waals surface area contributed by atoms with Crippen LogP contribution in [0.2, 0.25) is 0 Å². The number of hydrogen-bond acceptors (Lipinski definition) is 3. The SMILES string of the molecule is CCCCCC/C=C\CCCCCCCC(=O)OCCO. The van der Waals surface area contributed by atoms with Gasteiger partial charge in [-0.05, 0) is 32.1 Å². The molecule has 0 amide bonds. The van der Waals surface area contributed by atoms with E-state index in [1.165, 1.54) is 57.8 Å². The molecule has 3 heteroatoms. The second kappa shape index (κ2) is 17.2. The van der Waals surface area contributed by atoms with Gasteiger partial charge in [0, 0.05) is 6.42 Å². The Kier molecular flexibility index (Phi) is 16.5. The van der Waals surface area contributed by atoms with Gasteiger partial charge in [0.05, 0.1) is 6.61 Å². The Balaban J connectivity index is 3.15. The second-order valence-corrected chi connectivity index (χ2v) is 5.57. The molecule has 0 fully saturated rings. The third kappa shape index (κ3) is 17.1. The van der Waals surface area contributed by atoms with Crippen LogP contribution in [0, 0.1) is 0 Å². The van der Waals surface area contributed by atoms with Crippen molar-refractivity contribution in [3.63, 3.8) is 0 Å². The molecule has 0 saturated heterocycles. The number of carbonyl (C=O) groups excluding carboxylic acids is 1. The summed E-state index contributed by atoms with van der Waals surface area (Å²) in [5, 5.41) is 8.52. The molecule has 0 rings (SSSR count). The van der Waals surface area contributed by atoms with Gasteiger partial charge in [-0.15, -0.1) is 0 Å². The van der Waals surface area contributed by atoms with Crippen LogP contribution < -0.4 is 0 Å². The summed E-state index contributed by atoms with van der Waals surface area (Å²) < 4.78 is 4.80. The van der Waals surface area contributed by atoms with Crippen molar-refractivity contribution < 1.29 is 14.6 Å². The lowest BCUT2D eigenvalue weighted by molar-refractivity contribution is -0.144. The number of aliphatic hydroxyl groups excluding tert-OH is 1. The van der Waals surface area contributed by atoms with Gasteiger partial charge in [0.25, 0.3) is 0 Å². The topological polar surface area (TPSA) is 46.5 Å². The molecule has 124 valence electrons. The van der Waals surface area contributed by atoms with E-state index in [0.29, 0.717) is 6.42 Å². The molecule has 0 saturated carbocycles. The van der Waals surface area contributed by atoms with E-state index >= 15 is 0 Å². The summed E-state index contributed by atoms with van der Waals surface area (Å²) in [6, 6.07) is 0. The van der Waals surface area contributed by atoms with Crippen LogP contribution >= 0.6 is 0 Å². The fourth-order valence-electron chi connectivity index (χ4n) is 2.22. The van der Waals surface area contributed by atoms with Crippen molar-refractivity contribution in [2.45, 2.75) is 84.0 Å². The number of carbonyl (C=O) groups is 1. The third-order valence-corrected chi connectivity index (χ3v) is 3.50. The number of esters is 1. The van der Waals surface area contributed by atoms with E-state index in [0.717, 1.165) is 12.8 Å². The Bertz CT molecular complexity index is 249. The minimum Gasteiger partial charge on any atom is -0.463 e. The molecule has 0 aliphatic carbocycles. The zero-order valence-corrected chi connectivity index (χ0v) is 13.8. The standard InChI is InChI=1S/C18H34O3/c1-2-3-4-5-6-7-8-9-10-11-12-13-14-15-18(20)21-17-16-19/h7-8,19H,2-6,9-17H2,1H3/b8-7-. The Morgan fingerprint density at radius 3 is 2.10 bits per heavy atom. The summed E-state index contributed by atoms with van der Waals surface area (Å²) in [7, 11) is 0. The van der Waals surface area contributed by atoms with Gasteiger partial charge in [-0.25, -0.2) is 0 Å². The fraction of sp³-hybridized carbons (Fsp3) is 0.833. The maximum Gasteiger partial charge on any atom is 0.305 e. The highest BCUT2D eigenvalue weighted by Gasteiger charge is 2.01. The van der Waals surface area contributed by atoms with Crippen LogP contribution in [0.5, 0.6) is 0 Å². The van der Waals surface area contributed by atoms with Crippen molar-refractivity contribution in [2.24, 2.45) is 0 Å². The summed E-state index contributed by atoms with van der Waals surface area (Å²) in [5.41, 5.74) is 0. The van der Waals surface area contributed by atoms with Gasteiger partial charge in [0.2, 0.25) is 0 Å². The molecule has 0 atom stereocenters. The molecule has 3 nitrogen and oxygen atoms in total. The number of hydrogen-bond donors (Lipinski definition) is 1. The van der Waals surface area contributed by atoms with E-state index in [9.17, 15) is 4.79 Å². The van der Waals surface area contributed by atoms with Crippen LogP contribution in [-0.4, -0.2) is 24.3 Å². The first-order valence-electron chi connectivity index (χ1n) is 8.72. The number of rotatable bonds is 15. The summed E-state index contributed by atoms with van der Waals surface area (Å²) in [4.78, 5) is 11.2. The summed E-state index contributed by atoms with van der Waals surface area (Å²) >= 11 is 0. The minimum absolute atomic E-state index is 0.0855. The number of ether oxygens (including phenoxy) is 1. The molecular weight excluding hydrogens is 264 g/mol. The summed E-state index contributed by atoms with van der Waals surface area (Å²) in [6.07, 6.45) is 18.6. The van der Waals surface area contributed by atoms with Gasteiger partial charge in [0.1, 0.15) is 6.61 Å². The van der Waals surface area contributed by atoms with Crippen molar-refractivity contribution >= 4 is 5.97 Å². The van der Waals surface area contributed by atoms with Gasteiger partial charge < -0.3 is 9.84 Å². The average molecular weight is 298 g/mol. The number of aliphatic hydroxyl groups is 1. The predicted molar refractivity (Wildman–Crippen MR) is 88.3 cm³/mol. The molecule has 21 heavy (non-hydrogen) atoms. The molecule has 0 aromatic carbocycles. The number of unbranched alkanes of at least 4 members (excludes halogenated alkanes) is 9. The predicted octanol–water partition coefficient (Wildman–Crippen LogP) is 4.78. The van der Waals surface area contributed by atoms with Crippen LogP contribution in [0.25, 0.3) is 0 Å². The molecular formula is C18H34O3. The van der Waals surface area contributed by atoms with Crippen molar-refractivity contribution in [2.75, 3.05) is 13.2 Å². The molecule has 0 spiro atoms. The number of allylic oxidation sites excluding steroid dienone is 2. The van der Waals surface area contributed by atoms with Crippen molar-refractivity contribution in [1.29, 1.82) is 0 Å².